The molecule has 0 fully saturated rings. The van der Waals surface area contributed by atoms with E-state index < -0.39 is 0 Å². The lowest BCUT2D eigenvalue weighted by molar-refractivity contribution is 0.0527. The van der Waals surface area contributed by atoms with Crippen LogP contribution in [0.5, 0.6) is 0 Å². The van der Waals surface area contributed by atoms with Crippen LogP contribution in [0.2, 0.25) is 0 Å². The highest BCUT2D eigenvalue weighted by molar-refractivity contribution is 4.50. The van der Waals surface area contributed by atoms with E-state index in [-0.39, 0.29) is 6.61 Å². The van der Waals surface area contributed by atoms with Gasteiger partial charge in [-0.2, -0.15) is 0 Å². The van der Waals surface area contributed by atoms with Gasteiger partial charge in [0.1, 0.15) is 0 Å². The first-order valence-electron chi connectivity index (χ1n) is 6.53. The lowest BCUT2D eigenvalue weighted by atomic mass is 10.1. The molecule has 0 amide bonds. The van der Waals surface area contributed by atoms with Crippen molar-refractivity contribution in [1.82, 2.24) is 0 Å². The summed E-state index contributed by atoms with van der Waals surface area (Å²) in [4.78, 5) is 0. The van der Waals surface area contributed by atoms with Gasteiger partial charge in [0.25, 0.3) is 0 Å². The normalized spacial score (nSPS) is 13.0. The van der Waals surface area contributed by atoms with Crippen molar-refractivity contribution in [3.05, 3.63) is 0 Å². The first-order valence-corrected chi connectivity index (χ1v) is 6.53. The molecule has 0 aromatic rings. The maximum absolute atomic E-state index is 8.65. The van der Waals surface area contributed by atoms with Crippen LogP contribution in [0.1, 0.15) is 65.2 Å². The number of hydrogen-bond donors (Lipinski definition) is 1. The Balaban J connectivity index is 3.02. The minimum Gasteiger partial charge on any atom is -0.396 e. The third-order valence-corrected chi connectivity index (χ3v) is 2.67. The quantitative estimate of drug-likeness (QED) is 0.535. The lowest BCUT2D eigenvalue weighted by Crippen LogP contribution is -2.09. The molecule has 0 aliphatic carbocycles. The SMILES string of the molecule is CCCCCCCCO[C@@H](C)CCCO. The topological polar surface area (TPSA) is 29.5 Å². The van der Waals surface area contributed by atoms with Crippen molar-refractivity contribution in [2.24, 2.45) is 0 Å². The van der Waals surface area contributed by atoms with Gasteiger partial charge >= 0.3 is 0 Å². The first kappa shape index (κ1) is 14.9. The molecular weight excluding hydrogens is 188 g/mol. The van der Waals surface area contributed by atoms with Gasteiger partial charge in [0, 0.05) is 13.2 Å². The van der Waals surface area contributed by atoms with E-state index in [1.807, 2.05) is 0 Å². The molecule has 0 radical (unpaired) electrons. The molecule has 2 nitrogen and oxygen atoms in total. The van der Waals surface area contributed by atoms with Gasteiger partial charge in [-0.05, 0) is 26.2 Å². The zero-order valence-electron chi connectivity index (χ0n) is 10.5. The fourth-order valence-corrected chi connectivity index (χ4v) is 1.63. The zero-order valence-corrected chi connectivity index (χ0v) is 10.5. The smallest absolute Gasteiger partial charge is 0.0547 e. The molecule has 0 rings (SSSR count). The fourth-order valence-electron chi connectivity index (χ4n) is 1.63. The Labute approximate surface area is 95.0 Å². The number of ether oxygens (including phenoxy) is 1. The van der Waals surface area contributed by atoms with Gasteiger partial charge in [0.05, 0.1) is 6.10 Å². The van der Waals surface area contributed by atoms with E-state index in [9.17, 15) is 0 Å². The van der Waals surface area contributed by atoms with Crippen LogP contribution < -0.4 is 0 Å². The number of hydrogen-bond acceptors (Lipinski definition) is 2. The summed E-state index contributed by atoms with van der Waals surface area (Å²) >= 11 is 0. The Morgan fingerprint density at radius 3 is 2.33 bits per heavy atom. The minimum atomic E-state index is 0.282. The minimum absolute atomic E-state index is 0.282. The molecule has 1 N–H and O–H groups in total. The maximum atomic E-state index is 8.65. The van der Waals surface area contributed by atoms with E-state index in [0.717, 1.165) is 19.4 Å². The molecule has 15 heavy (non-hydrogen) atoms. The molecule has 2 heteroatoms. The van der Waals surface area contributed by atoms with Crippen molar-refractivity contribution < 1.29 is 9.84 Å². The van der Waals surface area contributed by atoms with Crippen LogP contribution in [0.3, 0.4) is 0 Å². The lowest BCUT2D eigenvalue weighted by Gasteiger charge is -2.11. The second kappa shape index (κ2) is 12.0. The molecule has 0 heterocycles. The molecule has 0 aromatic heterocycles. The molecule has 0 saturated heterocycles. The molecule has 0 aliphatic rings. The monoisotopic (exact) mass is 216 g/mol. The van der Waals surface area contributed by atoms with Crippen LogP contribution in [-0.2, 0) is 4.74 Å². The van der Waals surface area contributed by atoms with E-state index >= 15 is 0 Å². The van der Waals surface area contributed by atoms with Crippen LogP contribution in [-0.4, -0.2) is 24.4 Å². The number of aliphatic hydroxyl groups excluding tert-OH is 1. The van der Waals surface area contributed by atoms with Crippen LogP contribution in [0.15, 0.2) is 0 Å². The standard InChI is InChI=1S/C13H28O2/c1-3-4-5-6-7-8-12-15-13(2)10-9-11-14/h13-14H,3-12H2,1-2H3/t13-/m0/s1. The molecule has 1 atom stereocenters. The molecular formula is C13H28O2. The highest BCUT2D eigenvalue weighted by atomic mass is 16.5. The Morgan fingerprint density at radius 2 is 1.67 bits per heavy atom. The van der Waals surface area contributed by atoms with Gasteiger partial charge < -0.3 is 9.84 Å². The third kappa shape index (κ3) is 11.8. The van der Waals surface area contributed by atoms with Gasteiger partial charge in [-0.25, -0.2) is 0 Å². The van der Waals surface area contributed by atoms with Gasteiger partial charge in [-0.1, -0.05) is 39.0 Å². The third-order valence-electron chi connectivity index (χ3n) is 2.67. The fraction of sp³-hybridized carbons (Fsp3) is 1.00. The Kier molecular flexibility index (Phi) is 11.9. The van der Waals surface area contributed by atoms with Crippen molar-refractivity contribution in [1.29, 1.82) is 0 Å². The molecule has 0 unspecified atom stereocenters. The van der Waals surface area contributed by atoms with Crippen LogP contribution >= 0.6 is 0 Å². The Bertz CT molecular complexity index is 115. The van der Waals surface area contributed by atoms with Gasteiger partial charge in [-0.15, -0.1) is 0 Å². The Hall–Kier alpha value is -0.0800. The highest BCUT2D eigenvalue weighted by Crippen LogP contribution is 2.07. The summed E-state index contributed by atoms with van der Waals surface area (Å²) in [6.45, 7) is 5.50. The molecule has 0 saturated carbocycles. The van der Waals surface area contributed by atoms with Crippen molar-refractivity contribution in [3.63, 3.8) is 0 Å². The van der Waals surface area contributed by atoms with E-state index in [1.54, 1.807) is 0 Å². The first-order chi connectivity index (χ1) is 7.31. The summed E-state index contributed by atoms with van der Waals surface area (Å²) in [5.74, 6) is 0. The number of unbranched alkanes of at least 4 members (excludes halogenated alkanes) is 5. The van der Waals surface area contributed by atoms with Crippen molar-refractivity contribution in [2.45, 2.75) is 71.3 Å². The highest BCUT2D eigenvalue weighted by Gasteiger charge is 2.00. The number of rotatable bonds is 11. The van der Waals surface area contributed by atoms with E-state index in [0.29, 0.717) is 6.10 Å². The van der Waals surface area contributed by atoms with E-state index in [2.05, 4.69) is 13.8 Å². The summed E-state index contributed by atoms with van der Waals surface area (Å²) in [5, 5.41) is 8.65. The zero-order chi connectivity index (χ0) is 11.4. The summed E-state index contributed by atoms with van der Waals surface area (Å²) in [6.07, 6.45) is 10.0. The average molecular weight is 216 g/mol. The van der Waals surface area contributed by atoms with Crippen molar-refractivity contribution >= 4 is 0 Å². The summed E-state index contributed by atoms with van der Waals surface area (Å²) in [5.41, 5.74) is 0. The molecule has 0 spiro atoms. The van der Waals surface area contributed by atoms with Crippen molar-refractivity contribution in [3.8, 4) is 0 Å². The molecule has 92 valence electrons. The average Bonchev–Trinajstić information content (AvgIpc) is 2.25. The van der Waals surface area contributed by atoms with E-state index in [4.69, 9.17) is 9.84 Å². The van der Waals surface area contributed by atoms with Crippen molar-refractivity contribution in [2.75, 3.05) is 13.2 Å². The summed E-state index contributed by atoms with van der Waals surface area (Å²) < 4.78 is 5.64. The second-order valence-corrected chi connectivity index (χ2v) is 4.32. The molecule has 0 aromatic carbocycles. The van der Waals surface area contributed by atoms with Gasteiger partial charge in [0.15, 0.2) is 0 Å². The predicted molar refractivity (Wildman–Crippen MR) is 65.1 cm³/mol. The van der Waals surface area contributed by atoms with Crippen LogP contribution in [0.25, 0.3) is 0 Å². The predicted octanol–water partition coefficient (Wildman–Crippen LogP) is 3.52. The van der Waals surface area contributed by atoms with Gasteiger partial charge in [-0.3, -0.25) is 0 Å². The summed E-state index contributed by atoms with van der Waals surface area (Å²) in [7, 11) is 0. The summed E-state index contributed by atoms with van der Waals surface area (Å²) in [6, 6.07) is 0. The van der Waals surface area contributed by atoms with Gasteiger partial charge in [0.2, 0.25) is 0 Å². The second-order valence-electron chi connectivity index (χ2n) is 4.32. The van der Waals surface area contributed by atoms with Crippen LogP contribution in [0.4, 0.5) is 0 Å². The Morgan fingerprint density at radius 1 is 1.00 bits per heavy atom. The van der Waals surface area contributed by atoms with Crippen LogP contribution in [0, 0.1) is 0 Å². The maximum Gasteiger partial charge on any atom is 0.0547 e. The molecule has 0 aliphatic heterocycles. The number of aliphatic hydroxyl groups is 1. The van der Waals surface area contributed by atoms with E-state index in [1.165, 1.54) is 38.5 Å². The largest absolute Gasteiger partial charge is 0.396 e. The molecule has 0 bridgehead atoms.